The summed E-state index contributed by atoms with van der Waals surface area (Å²) >= 11 is 3.42. The van der Waals surface area contributed by atoms with Crippen LogP contribution in [-0.4, -0.2) is 13.0 Å². The fourth-order valence-electron chi connectivity index (χ4n) is 2.04. The lowest BCUT2D eigenvalue weighted by Gasteiger charge is -2.16. The van der Waals surface area contributed by atoms with E-state index >= 15 is 0 Å². The smallest absolute Gasteiger partial charge is 0.258 e. The first kappa shape index (κ1) is 14.8. The Kier molecular flexibility index (Phi) is 4.93. The van der Waals surface area contributed by atoms with Crippen LogP contribution in [0.25, 0.3) is 0 Å². The molecule has 0 heterocycles. The minimum absolute atomic E-state index is 0.184. The molecule has 0 aliphatic heterocycles. The Morgan fingerprint density at radius 3 is 2.50 bits per heavy atom. The van der Waals surface area contributed by atoms with Crippen molar-refractivity contribution in [3.63, 3.8) is 0 Å². The molecule has 0 radical (unpaired) electrons. The van der Waals surface area contributed by atoms with E-state index in [1.807, 2.05) is 55.5 Å². The van der Waals surface area contributed by atoms with E-state index in [0.29, 0.717) is 0 Å². The SMILES string of the molecule is COC(C(=O)Nc1cc(C)cc(Br)c1)c1ccccc1. The highest BCUT2D eigenvalue weighted by Gasteiger charge is 2.19. The second-order valence-electron chi connectivity index (χ2n) is 4.53. The fraction of sp³-hybridized carbons (Fsp3) is 0.188. The maximum atomic E-state index is 12.3. The maximum Gasteiger partial charge on any atom is 0.258 e. The minimum Gasteiger partial charge on any atom is -0.367 e. The molecule has 0 aromatic heterocycles. The van der Waals surface area contributed by atoms with Gasteiger partial charge in [-0.3, -0.25) is 4.79 Å². The molecule has 1 N–H and O–H groups in total. The van der Waals surface area contributed by atoms with E-state index in [1.165, 1.54) is 7.11 Å². The third-order valence-corrected chi connectivity index (χ3v) is 3.34. The number of halogens is 1. The number of carbonyl (C=O) groups excluding carboxylic acids is 1. The first-order chi connectivity index (χ1) is 9.60. The molecule has 20 heavy (non-hydrogen) atoms. The molecule has 1 amide bonds. The quantitative estimate of drug-likeness (QED) is 0.915. The van der Waals surface area contributed by atoms with Crippen LogP contribution in [0.4, 0.5) is 5.69 Å². The summed E-state index contributed by atoms with van der Waals surface area (Å²) in [6, 6.07) is 15.2. The lowest BCUT2D eigenvalue weighted by molar-refractivity contribution is -0.126. The Balaban J connectivity index is 2.18. The van der Waals surface area contributed by atoms with Crippen molar-refractivity contribution in [2.75, 3.05) is 12.4 Å². The molecule has 3 nitrogen and oxygen atoms in total. The normalized spacial score (nSPS) is 11.9. The lowest BCUT2D eigenvalue weighted by Crippen LogP contribution is -2.22. The van der Waals surface area contributed by atoms with Crippen molar-refractivity contribution in [2.45, 2.75) is 13.0 Å². The summed E-state index contributed by atoms with van der Waals surface area (Å²) in [5.74, 6) is -0.184. The van der Waals surface area contributed by atoms with E-state index in [4.69, 9.17) is 4.74 Å². The number of hydrogen-bond donors (Lipinski definition) is 1. The zero-order valence-electron chi connectivity index (χ0n) is 11.4. The Morgan fingerprint density at radius 2 is 1.90 bits per heavy atom. The molecule has 1 unspecified atom stereocenters. The third-order valence-electron chi connectivity index (χ3n) is 2.89. The second-order valence-corrected chi connectivity index (χ2v) is 5.45. The van der Waals surface area contributed by atoms with Gasteiger partial charge in [-0.2, -0.15) is 0 Å². The zero-order valence-corrected chi connectivity index (χ0v) is 13.0. The maximum absolute atomic E-state index is 12.3. The number of ether oxygens (including phenoxy) is 1. The van der Waals surface area contributed by atoms with Gasteiger partial charge in [-0.1, -0.05) is 46.3 Å². The van der Waals surface area contributed by atoms with Gasteiger partial charge in [0.1, 0.15) is 0 Å². The van der Waals surface area contributed by atoms with Crippen LogP contribution in [0.1, 0.15) is 17.2 Å². The molecule has 2 aromatic carbocycles. The van der Waals surface area contributed by atoms with E-state index in [1.54, 1.807) is 0 Å². The van der Waals surface area contributed by atoms with Crippen molar-refractivity contribution < 1.29 is 9.53 Å². The standard InChI is InChI=1S/C16H16BrNO2/c1-11-8-13(17)10-14(9-11)18-16(19)15(20-2)12-6-4-3-5-7-12/h3-10,15H,1-2H3,(H,18,19). The number of aryl methyl sites for hydroxylation is 1. The average molecular weight is 334 g/mol. The van der Waals surface area contributed by atoms with Crippen LogP contribution in [-0.2, 0) is 9.53 Å². The molecule has 104 valence electrons. The number of anilines is 1. The van der Waals surface area contributed by atoms with Crippen LogP contribution in [0.5, 0.6) is 0 Å². The topological polar surface area (TPSA) is 38.3 Å². The van der Waals surface area contributed by atoms with Gasteiger partial charge in [0.05, 0.1) is 0 Å². The minimum atomic E-state index is -0.615. The number of amides is 1. The molecule has 1 atom stereocenters. The fourth-order valence-corrected chi connectivity index (χ4v) is 2.65. The molecule has 0 saturated heterocycles. The lowest BCUT2D eigenvalue weighted by atomic mass is 10.1. The predicted octanol–water partition coefficient (Wildman–Crippen LogP) is 4.08. The number of benzene rings is 2. The summed E-state index contributed by atoms with van der Waals surface area (Å²) in [5.41, 5.74) is 2.66. The molecular formula is C16H16BrNO2. The number of nitrogens with one attached hydrogen (secondary N) is 1. The van der Waals surface area contributed by atoms with Crippen LogP contribution < -0.4 is 5.32 Å². The third kappa shape index (κ3) is 3.68. The van der Waals surface area contributed by atoms with E-state index in [0.717, 1.165) is 21.3 Å². The molecule has 4 heteroatoms. The van der Waals surface area contributed by atoms with Crippen LogP contribution in [0.3, 0.4) is 0 Å². The Bertz CT molecular complexity index is 578. The van der Waals surface area contributed by atoms with Gasteiger partial charge in [-0.05, 0) is 36.2 Å². The van der Waals surface area contributed by atoms with Crippen LogP contribution >= 0.6 is 15.9 Å². The second kappa shape index (κ2) is 6.68. The first-order valence-corrected chi connectivity index (χ1v) is 7.05. The van der Waals surface area contributed by atoms with Gasteiger partial charge < -0.3 is 10.1 Å². The van der Waals surface area contributed by atoms with Crippen molar-refractivity contribution >= 4 is 27.5 Å². The highest BCUT2D eigenvalue weighted by molar-refractivity contribution is 9.10. The van der Waals surface area contributed by atoms with Gasteiger partial charge in [0.15, 0.2) is 6.10 Å². The highest BCUT2D eigenvalue weighted by Crippen LogP contribution is 2.22. The Morgan fingerprint density at radius 1 is 1.20 bits per heavy atom. The van der Waals surface area contributed by atoms with Crippen LogP contribution in [0.2, 0.25) is 0 Å². The summed E-state index contributed by atoms with van der Waals surface area (Å²) in [5, 5.41) is 2.88. The van der Waals surface area contributed by atoms with E-state index in [-0.39, 0.29) is 5.91 Å². The number of hydrogen-bond acceptors (Lipinski definition) is 2. The van der Waals surface area contributed by atoms with Crippen molar-refractivity contribution in [1.82, 2.24) is 0 Å². The van der Waals surface area contributed by atoms with Gasteiger partial charge in [0.2, 0.25) is 0 Å². The largest absolute Gasteiger partial charge is 0.367 e. The first-order valence-electron chi connectivity index (χ1n) is 6.26. The molecule has 0 aliphatic carbocycles. The highest BCUT2D eigenvalue weighted by atomic mass is 79.9. The van der Waals surface area contributed by atoms with Crippen LogP contribution in [0.15, 0.2) is 53.0 Å². The summed E-state index contributed by atoms with van der Waals surface area (Å²) in [6.07, 6.45) is -0.615. The van der Waals surface area contributed by atoms with Crippen molar-refractivity contribution in [1.29, 1.82) is 0 Å². The molecule has 0 spiro atoms. The summed E-state index contributed by atoms with van der Waals surface area (Å²) in [7, 11) is 1.53. The summed E-state index contributed by atoms with van der Waals surface area (Å²) in [4.78, 5) is 12.3. The molecular weight excluding hydrogens is 318 g/mol. The molecule has 0 fully saturated rings. The van der Waals surface area contributed by atoms with Gasteiger partial charge in [0.25, 0.3) is 5.91 Å². The van der Waals surface area contributed by atoms with Crippen molar-refractivity contribution in [3.8, 4) is 0 Å². The monoisotopic (exact) mass is 333 g/mol. The Labute approximate surface area is 127 Å². The predicted molar refractivity (Wildman–Crippen MR) is 83.7 cm³/mol. The van der Waals surface area contributed by atoms with Crippen molar-refractivity contribution in [2.24, 2.45) is 0 Å². The average Bonchev–Trinajstić information content (AvgIpc) is 2.39. The molecule has 0 bridgehead atoms. The van der Waals surface area contributed by atoms with Crippen molar-refractivity contribution in [3.05, 3.63) is 64.1 Å². The molecule has 0 aliphatic rings. The number of carbonyl (C=O) groups is 1. The molecule has 2 aromatic rings. The van der Waals surface area contributed by atoms with Crippen LogP contribution in [0, 0.1) is 6.92 Å². The zero-order chi connectivity index (χ0) is 14.5. The van der Waals surface area contributed by atoms with E-state index < -0.39 is 6.10 Å². The van der Waals surface area contributed by atoms with Gasteiger partial charge in [-0.15, -0.1) is 0 Å². The van der Waals surface area contributed by atoms with Gasteiger partial charge in [0, 0.05) is 17.3 Å². The molecule has 0 saturated carbocycles. The Hall–Kier alpha value is -1.65. The van der Waals surface area contributed by atoms with Gasteiger partial charge in [-0.25, -0.2) is 0 Å². The summed E-state index contributed by atoms with van der Waals surface area (Å²) in [6.45, 7) is 1.98. The number of rotatable bonds is 4. The van der Waals surface area contributed by atoms with Gasteiger partial charge >= 0.3 is 0 Å². The van der Waals surface area contributed by atoms with E-state index in [2.05, 4.69) is 21.2 Å². The van der Waals surface area contributed by atoms with E-state index in [9.17, 15) is 4.79 Å². The summed E-state index contributed by atoms with van der Waals surface area (Å²) < 4.78 is 6.24. The number of methoxy groups -OCH3 is 1. The molecule has 2 rings (SSSR count).